The summed E-state index contributed by atoms with van der Waals surface area (Å²) in [4.78, 5) is 18.5. The molecule has 0 N–H and O–H groups in total. The average Bonchev–Trinajstić information content (AvgIpc) is 3.03. The van der Waals surface area contributed by atoms with Crippen LogP contribution in [0.4, 0.5) is 0 Å². The number of benzene rings is 1. The van der Waals surface area contributed by atoms with Crippen LogP contribution in [0.2, 0.25) is 23.8 Å². The number of rotatable bonds is 4. The zero-order valence-electron chi connectivity index (χ0n) is 12.0. The first-order chi connectivity index (χ1) is 8.75. The van der Waals surface area contributed by atoms with Gasteiger partial charge in [-0.3, -0.25) is 0 Å². The Bertz CT molecular complexity index is 478. The van der Waals surface area contributed by atoms with Crippen LogP contribution in [0.15, 0.2) is 24.3 Å². The van der Waals surface area contributed by atoms with Crippen molar-refractivity contribution >= 4 is 35.9 Å². The summed E-state index contributed by atoms with van der Waals surface area (Å²) in [5, 5.41) is 0.753. The van der Waals surface area contributed by atoms with Crippen molar-refractivity contribution in [3.05, 3.63) is 34.9 Å². The number of hydrogen-bond acceptors (Lipinski definition) is 2. The third kappa shape index (κ3) is 3.27. The fourth-order valence-corrected chi connectivity index (χ4v) is 11.4. The summed E-state index contributed by atoms with van der Waals surface area (Å²) >= 11 is 3.96. The van der Waals surface area contributed by atoms with E-state index >= 15 is 0 Å². The van der Waals surface area contributed by atoms with E-state index in [1.54, 1.807) is 0 Å². The Morgan fingerprint density at radius 3 is 2.37 bits per heavy atom. The van der Waals surface area contributed by atoms with Gasteiger partial charge in [0.25, 0.3) is 0 Å². The minimum atomic E-state index is -2.00. The number of carbonyl (C=O) groups is 1. The second kappa shape index (κ2) is 5.28. The van der Waals surface area contributed by atoms with Gasteiger partial charge < -0.3 is 0 Å². The van der Waals surface area contributed by atoms with E-state index in [1.807, 2.05) is 12.1 Å². The molecule has 0 spiro atoms. The fraction of sp³-hybridized carbons (Fsp3) is 0.533. The Morgan fingerprint density at radius 2 is 1.95 bits per heavy atom. The van der Waals surface area contributed by atoms with Crippen molar-refractivity contribution in [2.24, 2.45) is 0 Å². The van der Waals surface area contributed by atoms with Crippen molar-refractivity contribution in [2.45, 2.75) is 37.5 Å². The van der Waals surface area contributed by atoms with Gasteiger partial charge in [0.2, 0.25) is 0 Å². The first-order valence-electron chi connectivity index (χ1n) is 6.65. The van der Waals surface area contributed by atoms with E-state index in [2.05, 4.69) is 27.0 Å². The van der Waals surface area contributed by atoms with Crippen molar-refractivity contribution in [2.75, 3.05) is 6.61 Å². The standard InChI is InChI=1S/C12H12ClO2.3CH3.Sn/c1-9(14)15-8-12(6-7-12)10-2-4-11(13)5-3-10;;;;/h2-6H,7-8H2,1H3;3*1H3;/t12-;;;;/m1..../s1. The van der Waals surface area contributed by atoms with Crippen LogP contribution in [0.25, 0.3) is 0 Å². The van der Waals surface area contributed by atoms with Gasteiger partial charge in [-0.05, 0) is 0 Å². The molecule has 1 aliphatic rings. The predicted octanol–water partition coefficient (Wildman–Crippen LogP) is 4.25. The van der Waals surface area contributed by atoms with Crippen LogP contribution < -0.4 is 0 Å². The molecule has 1 fully saturated rings. The summed E-state index contributed by atoms with van der Waals surface area (Å²) in [5.41, 5.74) is 1.33. The maximum atomic E-state index is 11.1. The summed E-state index contributed by atoms with van der Waals surface area (Å²) < 4.78 is 6.08. The fourth-order valence-electron chi connectivity index (χ4n) is 3.01. The van der Waals surface area contributed by atoms with Crippen molar-refractivity contribution in [1.29, 1.82) is 0 Å². The van der Waals surface area contributed by atoms with Gasteiger partial charge in [-0.2, -0.15) is 0 Å². The molecule has 0 amide bonds. The SMILES string of the molecule is CC(=O)OC[C@]1(c2ccc(Cl)cc2)C[C@@H]1[Sn]([CH3])([CH3])[CH3]. The Labute approximate surface area is 124 Å². The predicted molar refractivity (Wildman–Crippen MR) is 81.5 cm³/mol. The Kier molecular flexibility index (Phi) is 4.22. The summed E-state index contributed by atoms with van der Waals surface area (Å²) in [6.07, 6.45) is 1.15. The quantitative estimate of drug-likeness (QED) is 0.570. The number of carbonyl (C=O) groups excluding carboxylic acids is 1. The summed E-state index contributed by atoms with van der Waals surface area (Å²) in [5.74, 6) is -0.192. The molecule has 0 saturated heterocycles. The van der Waals surface area contributed by atoms with Gasteiger partial charge in [-0.15, -0.1) is 0 Å². The Balaban J connectivity index is 2.26. The molecular formula is C15H21ClO2Sn. The molecule has 4 heteroatoms. The van der Waals surface area contributed by atoms with Gasteiger partial charge in [-0.1, -0.05) is 0 Å². The summed E-state index contributed by atoms with van der Waals surface area (Å²) in [6, 6.07) is 8.03. The summed E-state index contributed by atoms with van der Waals surface area (Å²) in [7, 11) is 0. The van der Waals surface area contributed by atoms with Crippen molar-refractivity contribution in [3.63, 3.8) is 0 Å². The van der Waals surface area contributed by atoms with Gasteiger partial charge in [0.05, 0.1) is 0 Å². The van der Waals surface area contributed by atoms with Gasteiger partial charge in [0.15, 0.2) is 0 Å². The van der Waals surface area contributed by atoms with Crippen LogP contribution in [0, 0.1) is 0 Å². The minimum absolute atomic E-state index is 0.0601. The Hall–Kier alpha value is -0.221. The molecule has 1 saturated carbocycles. The van der Waals surface area contributed by atoms with Crippen LogP contribution >= 0.6 is 11.6 Å². The van der Waals surface area contributed by atoms with E-state index < -0.39 is 18.4 Å². The van der Waals surface area contributed by atoms with E-state index in [0.29, 0.717) is 6.61 Å². The number of halogens is 1. The van der Waals surface area contributed by atoms with Crippen molar-refractivity contribution in [1.82, 2.24) is 0 Å². The zero-order chi connectivity index (χ0) is 14.3. The molecule has 1 aliphatic carbocycles. The number of hydrogen-bond donors (Lipinski definition) is 0. The van der Waals surface area contributed by atoms with Gasteiger partial charge in [0.1, 0.15) is 0 Å². The van der Waals surface area contributed by atoms with E-state index in [-0.39, 0.29) is 11.4 Å². The molecule has 1 aromatic carbocycles. The molecule has 19 heavy (non-hydrogen) atoms. The zero-order valence-corrected chi connectivity index (χ0v) is 15.6. The van der Waals surface area contributed by atoms with Crippen LogP contribution in [0.1, 0.15) is 18.9 Å². The monoisotopic (exact) mass is 388 g/mol. The van der Waals surface area contributed by atoms with Gasteiger partial charge in [0, 0.05) is 0 Å². The molecule has 0 radical (unpaired) electrons. The Morgan fingerprint density at radius 1 is 1.37 bits per heavy atom. The third-order valence-electron chi connectivity index (χ3n) is 4.07. The molecule has 2 nitrogen and oxygen atoms in total. The topological polar surface area (TPSA) is 26.3 Å². The van der Waals surface area contributed by atoms with Crippen molar-refractivity contribution in [3.8, 4) is 0 Å². The van der Waals surface area contributed by atoms with Gasteiger partial charge in [-0.25, -0.2) is 0 Å². The molecule has 104 valence electrons. The van der Waals surface area contributed by atoms with Gasteiger partial charge >= 0.3 is 124 Å². The first kappa shape index (κ1) is 15.2. The van der Waals surface area contributed by atoms with Crippen LogP contribution in [-0.2, 0) is 14.9 Å². The molecule has 1 aromatic rings. The molecule has 0 bridgehead atoms. The molecule has 2 atom stereocenters. The maximum absolute atomic E-state index is 11.1. The van der Waals surface area contributed by atoms with Crippen molar-refractivity contribution < 1.29 is 9.53 Å². The normalized spacial score (nSPS) is 26.1. The molecule has 0 aliphatic heterocycles. The number of ether oxygens (including phenoxy) is 1. The van der Waals surface area contributed by atoms with E-state index in [9.17, 15) is 4.79 Å². The van der Waals surface area contributed by atoms with E-state index in [4.69, 9.17) is 16.3 Å². The molecular weight excluding hydrogens is 366 g/mol. The average molecular weight is 387 g/mol. The van der Waals surface area contributed by atoms with Crippen LogP contribution in [0.5, 0.6) is 0 Å². The molecule has 0 aromatic heterocycles. The first-order valence-corrected chi connectivity index (χ1v) is 17.2. The third-order valence-corrected chi connectivity index (χ3v) is 12.5. The molecule has 0 unspecified atom stereocenters. The second-order valence-corrected chi connectivity index (χ2v) is 22.5. The van der Waals surface area contributed by atoms with E-state index in [1.165, 1.54) is 12.5 Å². The molecule has 2 rings (SSSR count). The molecule has 0 heterocycles. The number of esters is 1. The van der Waals surface area contributed by atoms with E-state index in [0.717, 1.165) is 15.4 Å². The van der Waals surface area contributed by atoms with Crippen LogP contribution in [-0.4, -0.2) is 31.0 Å². The summed E-state index contributed by atoms with van der Waals surface area (Å²) in [6.45, 7) is 2.00. The van der Waals surface area contributed by atoms with Crippen LogP contribution in [0.3, 0.4) is 0 Å². The second-order valence-electron chi connectivity index (χ2n) is 6.57.